The van der Waals surface area contributed by atoms with Gasteiger partial charge in [-0.2, -0.15) is 16.5 Å². The predicted octanol–water partition coefficient (Wildman–Crippen LogP) is 4.09. The smallest absolute Gasteiger partial charge is 0.324 e. The van der Waals surface area contributed by atoms with Crippen molar-refractivity contribution in [1.29, 1.82) is 0 Å². The Hall–Kier alpha value is -1.87. The van der Waals surface area contributed by atoms with Crippen molar-refractivity contribution in [3.63, 3.8) is 0 Å². The molecule has 0 aliphatic rings. The van der Waals surface area contributed by atoms with Crippen molar-refractivity contribution >= 4 is 45.1 Å². The summed E-state index contributed by atoms with van der Waals surface area (Å²) >= 11 is 7.29. The summed E-state index contributed by atoms with van der Waals surface area (Å²) in [5.74, 6) is -0.581. The number of ketones is 1. The van der Waals surface area contributed by atoms with Crippen LogP contribution in [0, 0.1) is 20.8 Å². The van der Waals surface area contributed by atoms with E-state index in [2.05, 4.69) is 4.72 Å². The van der Waals surface area contributed by atoms with E-state index in [1.54, 1.807) is 0 Å². The lowest BCUT2D eigenvalue weighted by atomic mass is 9.97. The van der Waals surface area contributed by atoms with Crippen LogP contribution in [0.4, 0.5) is 0 Å². The Morgan fingerprint density at radius 3 is 2.23 bits per heavy atom. The highest BCUT2D eigenvalue weighted by Crippen LogP contribution is 2.18. The molecule has 6 nitrogen and oxygen atoms in total. The Bertz CT molecular complexity index is 1030. The number of benzene rings is 2. The SMILES string of the molecule is CSCCC(NS(=O)(=O)c1ccc(Cl)cc1)C(=O)OCC(=O)c1c(C)cc(C)cc1C. The van der Waals surface area contributed by atoms with Gasteiger partial charge in [0.15, 0.2) is 6.61 Å². The minimum absolute atomic E-state index is 0.0131. The highest BCUT2D eigenvalue weighted by molar-refractivity contribution is 7.98. The number of thioether (sulfide) groups is 1. The summed E-state index contributed by atoms with van der Waals surface area (Å²) in [6.45, 7) is 5.15. The van der Waals surface area contributed by atoms with Gasteiger partial charge in [0.05, 0.1) is 4.90 Å². The standard InChI is InChI=1S/C22H26ClNO5S2/c1-14-11-15(2)21(16(3)12-14)20(25)13-29-22(26)19(9-10-30-4)24-31(27,28)18-7-5-17(23)6-8-18/h5-8,11-12,19,24H,9-10,13H2,1-4H3. The monoisotopic (exact) mass is 483 g/mol. The van der Waals surface area contributed by atoms with E-state index in [-0.39, 0.29) is 17.1 Å². The molecule has 0 bridgehead atoms. The number of Topliss-reactive ketones (excluding diaryl/α,β-unsaturated/α-hetero) is 1. The lowest BCUT2D eigenvalue weighted by molar-refractivity contribution is -0.144. The van der Waals surface area contributed by atoms with Gasteiger partial charge in [-0.05, 0) is 74.6 Å². The predicted molar refractivity (Wildman–Crippen MR) is 125 cm³/mol. The van der Waals surface area contributed by atoms with Crippen molar-refractivity contribution in [1.82, 2.24) is 4.72 Å². The quantitative estimate of drug-likeness (QED) is 0.404. The number of carbonyl (C=O) groups excluding carboxylic acids is 2. The number of nitrogens with one attached hydrogen (secondary N) is 1. The van der Waals surface area contributed by atoms with Crippen LogP contribution in [0.15, 0.2) is 41.3 Å². The molecule has 9 heteroatoms. The minimum atomic E-state index is -3.96. The number of aryl methyl sites for hydroxylation is 3. The summed E-state index contributed by atoms with van der Waals surface area (Å²) in [6.07, 6.45) is 2.08. The molecule has 1 atom stereocenters. The van der Waals surface area contributed by atoms with E-state index in [9.17, 15) is 18.0 Å². The molecule has 0 amide bonds. The first-order valence-corrected chi connectivity index (χ1v) is 12.8. The van der Waals surface area contributed by atoms with Crippen LogP contribution in [0.2, 0.25) is 5.02 Å². The molecule has 0 aliphatic heterocycles. The molecule has 2 rings (SSSR count). The van der Waals surface area contributed by atoms with Gasteiger partial charge in [-0.1, -0.05) is 29.3 Å². The number of ether oxygens (including phenoxy) is 1. The van der Waals surface area contributed by atoms with Crippen LogP contribution >= 0.6 is 23.4 Å². The van der Waals surface area contributed by atoms with Gasteiger partial charge in [-0.3, -0.25) is 9.59 Å². The van der Waals surface area contributed by atoms with Gasteiger partial charge in [0.2, 0.25) is 15.8 Å². The van der Waals surface area contributed by atoms with Crippen molar-refractivity contribution < 1.29 is 22.7 Å². The number of rotatable bonds is 10. The Morgan fingerprint density at radius 2 is 1.68 bits per heavy atom. The van der Waals surface area contributed by atoms with Gasteiger partial charge >= 0.3 is 5.97 Å². The first kappa shape index (κ1) is 25.4. The molecule has 2 aromatic carbocycles. The number of sulfonamides is 1. The molecule has 0 spiro atoms. The van der Waals surface area contributed by atoms with Crippen LogP contribution in [0.3, 0.4) is 0 Å². The van der Waals surface area contributed by atoms with Crippen LogP contribution < -0.4 is 4.72 Å². The summed E-state index contributed by atoms with van der Waals surface area (Å²) in [7, 11) is -3.96. The normalized spacial score (nSPS) is 12.4. The molecule has 31 heavy (non-hydrogen) atoms. The Balaban J connectivity index is 2.12. The third-order valence-corrected chi connectivity index (χ3v) is 7.00. The van der Waals surface area contributed by atoms with E-state index in [0.29, 0.717) is 16.3 Å². The van der Waals surface area contributed by atoms with E-state index < -0.39 is 28.6 Å². The summed E-state index contributed by atoms with van der Waals surface area (Å²) in [5, 5.41) is 0.400. The van der Waals surface area contributed by atoms with Crippen molar-refractivity contribution in [2.45, 2.75) is 38.1 Å². The second-order valence-corrected chi connectivity index (χ2v) is 10.3. The highest BCUT2D eigenvalue weighted by Gasteiger charge is 2.27. The van der Waals surface area contributed by atoms with Crippen LogP contribution in [-0.2, 0) is 19.6 Å². The molecule has 0 saturated heterocycles. The van der Waals surface area contributed by atoms with Crippen molar-refractivity contribution in [3.05, 3.63) is 63.7 Å². The third-order valence-electron chi connectivity index (χ3n) is 4.62. The zero-order chi connectivity index (χ0) is 23.2. The average molecular weight is 484 g/mol. The molecule has 0 saturated carbocycles. The Morgan fingerprint density at radius 1 is 1.10 bits per heavy atom. The number of carbonyl (C=O) groups is 2. The Labute approximate surface area is 192 Å². The van der Waals surface area contributed by atoms with Crippen LogP contribution in [0.5, 0.6) is 0 Å². The topological polar surface area (TPSA) is 89.5 Å². The molecule has 0 fully saturated rings. The van der Waals surface area contributed by atoms with E-state index in [0.717, 1.165) is 16.7 Å². The third kappa shape index (κ3) is 7.07. The summed E-state index contributed by atoms with van der Waals surface area (Å²) < 4.78 is 32.9. The summed E-state index contributed by atoms with van der Waals surface area (Å²) in [5.41, 5.74) is 3.17. The highest BCUT2D eigenvalue weighted by atomic mass is 35.5. The molecule has 1 N–H and O–H groups in total. The van der Waals surface area contributed by atoms with Gasteiger partial charge < -0.3 is 4.74 Å². The molecule has 0 aliphatic carbocycles. The molecular weight excluding hydrogens is 458 g/mol. The largest absolute Gasteiger partial charge is 0.456 e. The maximum atomic E-state index is 12.7. The van der Waals surface area contributed by atoms with E-state index in [1.807, 2.05) is 39.2 Å². The lowest BCUT2D eigenvalue weighted by Crippen LogP contribution is -2.42. The number of hydrogen-bond acceptors (Lipinski definition) is 6. The molecule has 0 heterocycles. The zero-order valence-electron chi connectivity index (χ0n) is 17.9. The van der Waals surface area contributed by atoms with Gasteiger partial charge in [0.1, 0.15) is 6.04 Å². The van der Waals surface area contributed by atoms with Crippen molar-refractivity contribution in [3.8, 4) is 0 Å². The number of hydrogen-bond donors (Lipinski definition) is 1. The minimum Gasteiger partial charge on any atom is -0.456 e. The summed E-state index contributed by atoms with van der Waals surface area (Å²) in [6, 6.07) is 8.29. The molecule has 168 valence electrons. The molecule has 0 radical (unpaired) electrons. The first-order valence-electron chi connectivity index (χ1n) is 9.59. The second-order valence-electron chi connectivity index (χ2n) is 7.21. The maximum Gasteiger partial charge on any atom is 0.324 e. The number of esters is 1. The Kier molecular flexibility index (Phi) is 9.12. The van der Waals surface area contributed by atoms with Crippen LogP contribution in [-0.4, -0.2) is 44.8 Å². The first-order chi connectivity index (χ1) is 14.5. The fourth-order valence-electron chi connectivity index (χ4n) is 3.26. The number of halogens is 1. The molecule has 0 aromatic heterocycles. The average Bonchev–Trinajstić information content (AvgIpc) is 2.68. The summed E-state index contributed by atoms with van der Waals surface area (Å²) in [4.78, 5) is 25.3. The van der Waals surface area contributed by atoms with Gasteiger partial charge in [-0.25, -0.2) is 8.42 Å². The van der Waals surface area contributed by atoms with Gasteiger partial charge in [0, 0.05) is 10.6 Å². The van der Waals surface area contributed by atoms with Crippen molar-refractivity contribution in [2.75, 3.05) is 18.6 Å². The second kappa shape index (κ2) is 11.1. The fourth-order valence-corrected chi connectivity index (χ4v) is 5.08. The van der Waals surface area contributed by atoms with Crippen LogP contribution in [0.25, 0.3) is 0 Å². The van der Waals surface area contributed by atoms with Gasteiger partial charge in [-0.15, -0.1) is 0 Å². The molecule has 1 unspecified atom stereocenters. The molecule has 2 aromatic rings. The van der Waals surface area contributed by atoms with Crippen LogP contribution in [0.1, 0.15) is 33.5 Å². The molecular formula is C22H26ClNO5S2. The van der Waals surface area contributed by atoms with E-state index >= 15 is 0 Å². The lowest BCUT2D eigenvalue weighted by Gasteiger charge is -2.18. The maximum absolute atomic E-state index is 12.7. The fraction of sp³-hybridized carbons (Fsp3) is 0.364. The zero-order valence-corrected chi connectivity index (χ0v) is 20.3. The van der Waals surface area contributed by atoms with E-state index in [1.165, 1.54) is 36.0 Å². The van der Waals surface area contributed by atoms with Crippen molar-refractivity contribution in [2.24, 2.45) is 0 Å². The van der Waals surface area contributed by atoms with Gasteiger partial charge in [0.25, 0.3) is 0 Å². The van der Waals surface area contributed by atoms with E-state index in [4.69, 9.17) is 16.3 Å².